The highest BCUT2D eigenvalue weighted by molar-refractivity contribution is 7.10. The summed E-state index contributed by atoms with van der Waals surface area (Å²) in [5.74, 6) is 1.77. The Balaban J connectivity index is 2.22. The summed E-state index contributed by atoms with van der Waals surface area (Å²) in [6, 6.07) is 0. The molecule has 12 heavy (non-hydrogen) atoms. The lowest BCUT2D eigenvalue weighted by atomic mass is 9.93. The maximum atomic E-state index is 2.35. The third-order valence-corrected chi connectivity index (χ3v) is 4.08. The van der Waals surface area contributed by atoms with Crippen LogP contribution in [0.15, 0.2) is 5.38 Å². The Morgan fingerprint density at radius 1 is 1.42 bits per heavy atom. The maximum Gasteiger partial charge on any atom is 0.00491 e. The number of fused-ring (bicyclic) bond motifs is 1. The molecule has 1 unspecified atom stereocenters. The first kappa shape index (κ1) is 8.31. The van der Waals surface area contributed by atoms with Crippen LogP contribution in [0.4, 0.5) is 0 Å². The summed E-state index contributed by atoms with van der Waals surface area (Å²) in [6.45, 7) is 6.94. The van der Waals surface area contributed by atoms with E-state index in [0.717, 1.165) is 11.8 Å². The van der Waals surface area contributed by atoms with Crippen molar-refractivity contribution < 1.29 is 0 Å². The summed E-state index contributed by atoms with van der Waals surface area (Å²) in [5, 5.41) is 2.35. The first-order chi connectivity index (χ1) is 5.68. The monoisotopic (exact) mass is 180 g/mol. The van der Waals surface area contributed by atoms with Crippen molar-refractivity contribution in [2.45, 2.75) is 33.6 Å². The summed E-state index contributed by atoms with van der Waals surface area (Å²) in [6.07, 6.45) is 2.67. The molecule has 0 saturated heterocycles. The molecule has 0 fully saturated rings. The van der Waals surface area contributed by atoms with Crippen molar-refractivity contribution in [3.05, 3.63) is 21.4 Å². The van der Waals surface area contributed by atoms with E-state index < -0.39 is 0 Å². The van der Waals surface area contributed by atoms with E-state index in [9.17, 15) is 0 Å². The quantitative estimate of drug-likeness (QED) is 0.621. The number of rotatable bonds is 1. The average molecular weight is 180 g/mol. The van der Waals surface area contributed by atoms with Crippen LogP contribution in [0.5, 0.6) is 0 Å². The number of aryl methyl sites for hydroxylation is 1. The minimum Gasteiger partial charge on any atom is -0.149 e. The van der Waals surface area contributed by atoms with Crippen molar-refractivity contribution in [1.29, 1.82) is 0 Å². The largest absolute Gasteiger partial charge is 0.149 e. The number of thiophene rings is 1. The minimum atomic E-state index is 0.849. The molecule has 2 rings (SSSR count). The highest BCUT2D eigenvalue weighted by atomic mass is 32.1. The van der Waals surface area contributed by atoms with E-state index in [-0.39, 0.29) is 0 Å². The lowest BCUT2D eigenvalue weighted by Gasteiger charge is -2.12. The average Bonchev–Trinajstić information content (AvgIpc) is 2.53. The zero-order valence-electron chi connectivity index (χ0n) is 8.05. The molecule has 66 valence electrons. The van der Waals surface area contributed by atoms with Crippen LogP contribution in [0.1, 0.15) is 29.9 Å². The van der Waals surface area contributed by atoms with Crippen molar-refractivity contribution in [3.63, 3.8) is 0 Å². The van der Waals surface area contributed by atoms with Crippen molar-refractivity contribution in [3.8, 4) is 0 Å². The van der Waals surface area contributed by atoms with Crippen LogP contribution in [-0.2, 0) is 12.8 Å². The van der Waals surface area contributed by atoms with Gasteiger partial charge in [0.1, 0.15) is 0 Å². The van der Waals surface area contributed by atoms with E-state index in [1.807, 2.05) is 11.3 Å². The third kappa shape index (κ3) is 1.20. The van der Waals surface area contributed by atoms with Gasteiger partial charge >= 0.3 is 0 Å². The second kappa shape index (κ2) is 2.88. The molecular formula is C11H16S. The highest BCUT2D eigenvalue weighted by Gasteiger charge is 2.25. The molecule has 0 nitrogen and oxygen atoms in total. The van der Waals surface area contributed by atoms with Gasteiger partial charge in [-0.3, -0.25) is 0 Å². The van der Waals surface area contributed by atoms with Gasteiger partial charge in [0, 0.05) is 4.88 Å². The van der Waals surface area contributed by atoms with Crippen LogP contribution in [-0.4, -0.2) is 0 Å². The molecule has 1 aliphatic rings. The van der Waals surface area contributed by atoms with Crippen LogP contribution >= 0.6 is 11.3 Å². The summed E-state index contributed by atoms with van der Waals surface area (Å²) >= 11 is 1.92. The van der Waals surface area contributed by atoms with Gasteiger partial charge in [0.2, 0.25) is 0 Å². The van der Waals surface area contributed by atoms with Crippen LogP contribution in [0.2, 0.25) is 0 Å². The Bertz CT molecular complexity index is 283. The van der Waals surface area contributed by atoms with Gasteiger partial charge in [0.15, 0.2) is 0 Å². The molecule has 0 bridgehead atoms. The standard InChI is InChI=1S/C11H16S/c1-7(2)9-4-10-6-12-8(3)11(10)5-9/h6-7,9H,4-5H2,1-3H3. The predicted octanol–water partition coefficient (Wildman–Crippen LogP) is 3.43. The Morgan fingerprint density at radius 3 is 2.75 bits per heavy atom. The molecule has 0 spiro atoms. The van der Waals surface area contributed by atoms with E-state index in [4.69, 9.17) is 0 Å². The molecular weight excluding hydrogens is 164 g/mol. The smallest absolute Gasteiger partial charge is 0.00491 e. The number of hydrogen-bond acceptors (Lipinski definition) is 1. The van der Waals surface area contributed by atoms with E-state index in [1.165, 1.54) is 12.8 Å². The Morgan fingerprint density at radius 2 is 2.17 bits per heavy atom. The van der Waals surface area contributed by atoms with Crippen molar-refractivity contribution in [1.82, 2.24) is 0 Å². The van der Waals surface area contributed by atoms with Gasteiger partial charge in [-0.05, 0) is 48.1 Å². The molecule has 1 aromatic heterocycles. The van der Waals surface area contributed by atoms with Crippen LogP contribution in [0, 0.1) is 18.8 Å². The molecule has 0 saturated carbocycles. The fraction of sp³-hybridized carbons (Fsp3) is 0.636. The fourth-order valence-electron chi connectivity index (χ4n) is 2.06. The lowest BCUT2D eigenvalue weighted by molar-refractivity contribution is 0.403. The van der Waals surface area contributed by atoms with Gasteiger partial charge in [0.25, 0.3) is 0 Å². The lowest BCUT2D eigenvalue weighted by Crippen LogP contribution is -2.07. The zero-order chi connectivity index (χ0) is 8.72. The molecule has 1 atom stereocenters. The van der Waals surface area contributed by atoms with E-state index in [1.54, 1.807) is 16.0 Å². The predicted molar refractivity (Wildman–Crippen MR) is 54.8 cm³/mol. The van der Waals surface area contributed by atoms with Gasteiger partial charge in [-0.25, -0.2) is 0 Å². The molecule has 1 aromatic rings. The summed E-state index contributed by atoms with van der Waals surface area (Å²) < 4.78 is 0. The first-order valence-corrected chi connectivity index (χ1v) is 5.62. The third-order valence-electron chi connectivity index (χ3n) is 3.08. The molecule has 0 aromatic carbocycles. The van der Waals surface area contributed by atoms with E-state index in [0.29, 0.717) is 0 Å². The van der Waals surface area contributed by atoms with Gasteiger partial charge in [-0.15, -0.1) is 11.3 Å². The van der Waals surface area contributed by atoms with Crippen molar-refractivity contribution in [2.75, 3.05) is 0 Å². The Labute approximate surface area is 78.6 Å². The van der Waals surface area contributed by atoms with E-state index >= 15 is 0 Å². The van der Waals surface area contributed by atoms with Gasteiger partial charge in [0.05, 0.1) is 0 Å². The van der Waals surface area contributed by atoms with Crippen molar-refractivity contribution >= 4 is 11.3 Å². The second-order valence-electron chi connectivity index (χ2n) is 4.21. The summed E-state index contributed by atoms with van der Waals surface area (Å²) in [5.41, 5.74) is 3.30. The molecule has 0 radical (unpaired) electrons. The van der Waals surface area contributed by atoms with E-state index in [2.05, 4.69) is 26.2 Å². The van der Waals surface area contributed by atoms with Crippen LogP contribution in [0.25, 0.3) is 0 Å². The molecule has 1 heteroatoms. The van der Waals surface area contributed by atoms with Crippen LogP contribution in [0.3, 0.4) is 0 Å². The van der Waals surface area contributed by atoms with Gasteiger partial charge < -0.3 is 0 Å². The molecule has 1 aliphatic carbocycles. The summed E-state index contributed by atoms with van der Waals surface area (Å²) in [7, 11) is 0. The fourth-order valence-corrected chi connectivity index (χ4v) is 2.98. The summed E-state index contributed by atoms with van der Waals surface area (Å²) in [4.78, 5) is 1.55. The zero-order valence-corrected chi connectivity index (χ0v) is 8.87. The van der Waals surface area contributed by atoms with Gasteiger partial charge in [-0.2, -0.15) is 0 Å². The maximum absolute atomic E-state index is 2.35. The second-order valence-corrected chi connectivity index (χ2v) is 5.29. The molecule has 0 aliphatic heterocycles. The molecule has 0 N–H and O–H groups in total. The Kier molecular flexibility index (Phi) is 1.99. The molecule has 0 amide bonds. The topological polar surface area (TPSA) is 0 Å². The Hall–Kier alpha value is -0.300. The molecule has 1 heterocycles. The van der Waals surface area contributed by atoms with Gasteiger partial charge in [-0.1, -0.05) is 13.8 Å². The minimum absolute atomic E-state index is 0.849. The van der Waals surface area contributed by atoms with Crippen LogP contribution < -0.4 is 0 Å². The number of hydrogen-bond donors (Lipinski definition) is 0. The van der Waals surface area contributed by atoms with Crippen molar-refractivity contribution in [2.24, 2.45) is 11.8 Å². The highest BCUT2D eigenvalue weighted by Crippen LogP contribution is 2.36. The SMILES string of the molecule is Cc1scc2c1CC(C(C)C)C2. The normalized spacial score (nSPS) is 21.8. The first-order valence-electron chi connectivity index (χ1n) is 4.74.